The van der Waals surface area contributed by atoms with E-state index in [2.05, 4.69) is 10.6 Å². The Morgan fingerprint density at radius 2 is 1.60 bits per heavy atom. The second-order valence-corrected chi connectivity index (χ2v) is 11.7. The summed E-state index contributed by atoms with van der Waals surface area (Å²) in [5, 5.41) is 6.24. The zero-order valence-electron chi connectivity index (χ0n) is 24.3. The molecule has 3 amide bonds. The maximum absolute atomic E-state index is 13.9. The summed E-state index contributed by atoms with van der Waals surface area (Å²) < 4.78 is 11.5. The highest BCUT2D eigenvalue weighted by Crippen LogP contribution is 2.27. The Hall–Kier alpha value is -3.88. The lowest BCUT2D eigenvalue weighted by atomic mass is 10.1. The van der Waals surface area contributed by atoms with E-state index in [4.69, 9.17) is 21.1 Å². The second kappa shape index (κ2) is 14.3. The van der Waals surface area contributed by atoms with Crippen molar-refractivity contribution in [3.05, 3.63) is 106 Å². The van der Waals surface area contributed by atoms with Crippen LogP contribution in [0.15, 0.2) is 78.9 Å². The van der Waals surface area contributed by atoms with Gasteiger partial charge >= 0.3 is 6.09 Å². The number of alkyl carbamates (subject to hydrolysis) is 1. The molecule has 4 rings (SSSR count). The van der Waals surface area contributed by atoms with Crippen LogP contribution >= 0.6 is 11.6 Å². The standard InChI is InChI=1S/C33H38ClN3O5/c1-33(2,3)42-32(40)36-20-25-16-17-27(34)19-26(25)21-35-30(38)28-15-10-18-37(28)31(39)29(24-13-8-5-9-14-24)41-22-23-11-6-4-7-12-23/h4-9,11-14,16-17,19,28-29H,10,15,18,20-22H2,1-3H3,(H,35,38)(H,36,40)/t28-,29+/m0/s1. The number of nitrogens with one attached hydrogen (secondary N) is 2. The lowest BCUT2D eigenvalue weighted by molar-refractivity contribution is -0.149. The summed E-state index contributed by atoms with van der Waals surface area (Å²) in [6.07, 6.45) is -0.0969. The van der Waals surface area contributed by atoms with Crippen LogP contribution in [-0.4, -0.2) is 41.0 Å². The number of hydrogen-bond donors (Lipinski definition) is 2. The zero-order chi connectivity index (χ0) is 30.1. The molecule has 8 nitrogen and oxygen atoms in total. The van der Waals surface area contributed by atoms with Gasteiger partial charge in [-0.15, -0.1) is 0 Å². The summed E-state index contributed by atoms with van der Waals surface area (Å²) in [5.41, 5.74) is 2.64. The van der Waals surface area contributed by atoms with Crippen molar-refractivity contribution >= 4 is 29.5 Å². The average molecular weight is 592 g/mol. The van der Waals surface area contributed by atoms with E-state index in [-0.39, 0.29) is 31.5 Å². The second-order valence-electron chi connectivity index (χ2n) is 11.3. The van der Waals surface area contributed by atoms with Crippen molar-refractivity contribution in [2.24, 2.45) is 0 Å². The van der Waals surface area contributed by atoms with Gasteiger partial charge in [0.2, 0.25) is 5.91 Å². The van der Waals surface area contributed by atoms with Crippen molar-refractivity contribution < 1.29 is 23.9 Å². The lowest BCUT2D eigenvalue weighted by Gasteiger charge is -2.28. The summed E-state index contributed by atoms with van der Waals surface area (Å²) in [5.74, 6) is -0.485. The molecule has 0 aliphatic carbocycles. The van der Waals surface area contributed by atoms with E-state index < -0.39 is 23.8 Å². The smallest absolute Gasteiger partial charge is 0.407 e. The Morgan fingerprint density at radius 1 is 0.929 bits per heavy atom. The fourth-order valence-electron chi connectivity index (χ4n) is 4.86. The summed E-state index contributed by atoms with van der Waals surface area (Å²) in [7, 11) is 0. The van der Waals surface area contributed by atoms with Crippen LogP contribution in [0.1, 0.15) is 62.0 Å². The molecule has 1 aliphatic rings. The van der Waals surface area contributed by atoms with Gasteiger partial charge in [0.1, 0.15) is 11.6 Å². The first-order valence-corrected chi connectivity index (χ1v) is 14.5. The van der Waals surface area contributed by atoms with Crippen molar-refractivity contribution in [1.82, 2.24) is 15.5 Å². The predicted molar refractivity (Wildman–Crippen MR) is 162 cm³/mol. The Bertz CT molecular complexity index is 1360. The number of amides is 3. The third-order valence-electron chi connectivity index (χ3n) is 6.87. The van der Waals surface area contributed by atoms with Crippen LogP contribution < -0.4 is 10.6 Å². The molecular weight excluding hydrogens is 554 g/mol. The molecule has 3 aromatic rings. The number of halogens is 1. The van der Waals surface area contributed by atoms with E-state index in [1.54, 1.807) is 43.9 Å². The van der Waals surface area contributed by atoms with Gasteiger partial charge in [-0.05, 0) is 68.0 Å². The van der Waals surface area contributed by atoms with E-state index in [1.165, 1.54) is 0 Å². The van der Waals surface area contributed by atoms with E-state index in [9.17, 15) is 14.4 Å². The third kappa shape index (κ3) is 8.81. The molecule has 222 valence electrons. The van der Waals surface area contributed by atoms with Crippen LogP contribution in [0.4, 0.5) is 4.79 Å². The first-order valence-electron chi connectivity index (χ1n) is 14.1. The lowest BCUT2D eigenvalue weighted by Crippen LogP contribution is -2.47. The molecule has 0 radical (unpaired) electrons. The molecule has 1 aliphatic heterocycles. The number of hydrogen-bond acceptors (Lipinski definition) is 5. The minimum atomic E-state index is -0.835. The monoisotopic (exact) mass is 591 g/mol. The number of nitrogens with zero attached hydrogens (tertiary/aromatic N) is 1. The average Bonchev–Trinajstić information content (AvgIpc) is 3.46. The van der Waals surface area contributed by atoms with Gasteiger partial charge in [-0.3, -0.25) is 9.59 Å². The van der Waals surface area contributed by atoms with Crippen LogP contribution in [0.3, 0.4) is 0 Å². The minimum Gasteiger partial charge on any atom is -0.444 e. The molecule has 0 saturated carbocycles. The summed E-state index contributed by atoms with van der Waals surface area (Å²) in [4.78, 5) is 41.1. The van der Waals surface area contributed by atoms with Crippen LogP contribution in [0.25, 0.3) is 0 Å². The Labute approximate surface area is 252 Å². The zero-order valence-corrected chi connectivity index (χ0v) is 25.0. The summed E-state index contributed by atoms with van der Waals surface area (Å²) in [6.45, 7) is 6.53. The van der Waals surface area contributed by atoms with Crippen molar-refractivity contribution in [2.45, 2.75) is 71.1 Å². The first-order chi connectivity index (χ1) is 20.1. The third-order valence-corrected chi connectivity index (χ3v) is 7.10. The van der Waals surface area contributed by atoms with Crippen molar-refractivity contribution in [2.75, 3.05) is 6.54 Å². The molecule has 2 atom stereocenters. The van der Waals surface area contributed by atoms with Gasteiger partial charge in [-0.25, -0.2) is 4.79 Å². The molecule has 1 fully saturated rings. The predicted octanol–water partition coefficient (Wildman–Crippen LogP) is 5.93. The van der Waals surface area contributed by atoms with E-state index in [0.29, 0.717) is 24.4 Å². The summed E-state index contributed by atoms with van der Waals surface area (Å²) >= 11 is 6.25. The van der Waals surface area contributed by atoms with Crippen molar-refractivity contribution in [3.63, 3.8) is 0 Å². The van der Waals surface area contributed by atoms with Crippen molar-refractivity contribution in [1.29, 1.82) is 0 Å². The Morgan fingerprint density at radius 3 is 2.29 bits per heavy atom. The first kappa shape index (κ1) is 31.1. The van der Waals surface area contributed by atoms with Crippen LogP contribution in [-0.2, 0) is 38.8 Å². The molecule has 0 aromatic heterocycles. The number of ether oxygens (including phenoxy) is 2. The van der Waals surface area contributed by atoms with E-state index in [0.717, 1.165) is 22.3 Å². The van der Waals surface area contributed by atoms with Gasteiger partial charge in [-0.2, -0.15) is 0 Å². The molecule has 3 aromatic carbocycles. The van der Waals surface area contributed by atoms with Crippen LogP contribution in [0, 0.1) is 0 Å². The normalized spacial score (nSPS) is 15.6. The number of benzene rings is 3. The topological polar surface area (TPSA) is 97.0 Å². The molecule has 9 heteroatoms. The quantitative estimate of drug-likeness (QED) is 0.305. The molecular formula is C33H38ClN3O5. The fourth-order valence-corrected chi connectivity index (χ4v) is 5.05. The highest BCUT2D eigenvalue weighted by molar-refractivity contribution is 6.30. The van der Waals surface area contributed by atoms with Gasteiger partial charge in [0.05, 0.1) is 6.61 Å². The van der Waals surface area contributed by atoms with E-state index in [1.807, 2.05) is 60.7 Å². The van der Waals surface area contributed by atoms with Gasteiger partial charge in [0.25, 0.3) is 5.91 Å². The van der Waals surface area contributed by atoms with Crippen LogP contribution in [0.2, 0.25) is 5.02 Å². The fraction of sp³-hybridized carbons (Fsp3) is 0.364. The number of rotatable bonds is 10. The van der Waals surface area contributed by atoms with Gasteiger partial charge in [-0.1, -0.05) is 78.3 Å². The molecule has 1 saturated heterocycles. The summed E-state index contributed by atoms with van der Waals surface area (Å²) in [6, 6.07) is 23.7. The highest BCUT2D eigenvalue weighted by Gasteiger charge is 2.38. The number of likely N-dealkylation sites (tertiary alicyclic amines) is 1. The highest BCUT2D eigenvalue weighted by atomic mass is 35.5. The molecule has 0 spiro atoms. The molecule has 2 N–H and O–H groups in total. The number of carbonyl (C=O) groups excluding carboxylic acids is 3. The van der Waals surface area contributed by atoms with Crippen molar-refractivity contribution in [3.8, 4) is 0 Å². The molecule has 0 unspecified atom stereocenters. The molecule has 42 heavy (non-hydrogen) atoms. The number of carbonyl (C=O) groups is 3. The minimum absolute atomic E-state index is 0.190. The SMILES string of the molecule is CC(C)(C)OC(=O)NCc1ccc(Cl)cc1CNC(=O)[C@@H]1CCCN1C(=O)[C@H](OCc1ccccc1)c1ccccc1. The Balaban J connectivity index is 1.42. The molecule has 1 heterocycles. The van der Waals surface area contributed by atoms with Gasteiger partial charge in [0.15, 0.2) is 6.10 Å². The van der Waals surface area contributed by atoms with E-state index >= 15 is 0 Å². The van der Waals surface area contributed by atoms with Crippen LogP contribution in [0.5, 0.6) is 0 Å². The largest absolute Gasteiger partial charge is 0.444 e. The van der Waals surface area contributed by atoms with Gasteiger partial charge < -0.3 is 25.0 Å². The maximum Gasteiger partial charge on any atom is 0.407 e. The Kier molecular flexibility index (Phi) is 10.6. The molecule has 0 bridgehead atoms. The van der Waals surface area contributed by atoms with Gasteiger partial charge in [0, 0.05) is 24.7 Å². The maximum atomic E-state index is 13.9.